The summed E-state index contributed by atoms with van der Waals surface area (Å²) in [6, 6.07) is 1.45. The standard InChI is InChI=1S/C15H18O3/c1-7-3-4-9-8(2)5-10-11(15(17)18)6-12(16)13(7)14(9)10/h6-9,16H,3-5H2,1-2H3,(H,17,18). The van der Waals surface area contributed by atoms with Gasteiger partial charge in [-0.3, -0.25) is 0 Å². The van der Waals surface area contributed by atoms with E-state index in [-0.39, 0.29) is 5.75 Å². The van der Waals surface area contributed by atoms with E-state index >= 15 is 0 Å². The Morgan fingerprint density at radius 3 is 2.67 bits per heavy atom. The molecule has 0 saturated heterocycles. The maximum Gasteiger partial charge on any atom is 0.336 e. The molecule has 0 bridgehead atoms. The first kappa shape index (κ1) is 11.6. The summed E-state index contributed by atoms with van der Waals surface area (Å²) in [6.07, 6.45) is 3.04. The van der Waals surface area contributed by atoms with E-state index < -0.39 is 5.97 Å². The van der Waals surface area contributed by atoms with Crippen LogP contribution in [0.25, 0.3) is 0 Å². The molecule has 3 rings (SSSR count). The van der Waals surface area contributed by atoms with Gasteiger partial charge in [0.05, 0.1) is 5.56 Å². The molecule has 3 unspecified atom stereocenters. The van der Waals surface area contributed by atoms with Crippen LogP contribution in [0.1, 0.15) is 65.6 Å². The van der Waals surface area contributed by atoms with Crippen LogP contribution in [-0.4, -0.2) is 16.2 Å². The number of aromatic carboxylic acids is 1. The summed E-state index contributed by atoms with van der Waals surface area (Å²) in [5.74, 6) is 0.525. The molecule has 0 aromatic heterocycles. The minimum absolute atomic E-state index is 0.178. The monoisotopic (exact) mass is 246 g/mol. The van der Waals surface area contributed by atoms with Crippen molar-refractivity contribution < 1.29 is 15.0 Å². The van der Waals surface area contributed by atoms with Crippen LogP contribution in [0.5, 0.6) is 5.75 Å². The lowest BCUT2D eigenvalue weighted by Gasteiger charge is -2.30. The van der Waals surface area contributed by atoms with Crippen molar-refractivity contribution in [1.29, 1.82) is 0 Å². The van der Waals surface area contributed by atoms with Gasteiger partial charge in [-0.15, -0.1) is 0 Å². The van der Waals surface area contributed by atoms with Crippen LogP contribution in [0.3, 0.4) is 0 Å². The van der Waals surface area contributed by atoms with Crippen molar-refractivity contribution in [1.82, 2.24) is 0 Å². The highest BCUT2D eigenvalue weighted by atomic mass is 16.4. The van der Waals surface area contributed by atoms with Crippen LogP contribution in [-0.2, 0) is 6.42 Å². The third-order valence-electron chi connectivity index (χ3n) is 4.72. The molecule has 18 heavy (non-hydrogen) atoms. The molecule has 1 aromatic carbocycles. The van der Waals surface area contributed by atoms with Gasteiger partial charge in [-0.2, -0.15) is 0 Å². The lowest BCUT2D eigenvalue weighted by Crippen LogP contribution is -2.15. The molecule has 3 atom stereocenters. The van der Waals surface area contributed by atoms with Crippen LogP contribution in [0.15, 0.2) is 6.07 Å². The van der Waals surface area contributed by atoms with Gasteiger partial charge in [0.1, 0.15) is 5.75 Å². The van der Waals surface area contributed by atoms with Crippen molar-refractivity contribution >= 4 is 5.97 Å². The van der Waals surface area contributed by atoms with E-state index in [0.717, 1.165) is 36.0 Å². The summed E-state index contributed by atoms with van der Waals surface area (Å²) < 4.78 is 0. The molecule has 2 aliphatic rings. The normalized spacial score (nSPS) is 29.1. The third kappa shape index (κ3) is 1.39. The van der Waals surface area contributed by atoms with Crippen LogP contribution in [0.2, 0.25) is 0 Å². The number of carboxylic acid groups (broad SMARTS) is 1. The zero-order valence-corrected chi connectivity index (χ0v) is 10.7. The first-order valence-electron chi connectivity index (χ1n) is 6.62. The fourth-order valence-corrected chi connectivity index (χ4v) is 3.85. The van der Waals surface area contributed by atoms with Gasteiger partial charge < -0.3 is 10.2 Å². The van der Waals surface area contributed by atoms with E-state index in [9.17, 15) is 15.0 Å². The molecule has 3 heteroatoms. The number of carboxylic acids is 1. The zero-order valence-electron chi connectivity index (χ0n) is 10.7. The molecule has 3 nitrogen and oxygen atoms in total. The Balaban J connectivity index is 2.30. The first-order chi connectivity index (χ1) is 8.50. The molecule has 1 aromatic rings. The lowest BCUT2D eigenvalue weighted by atomic mass is 9.75. The molecular weight excluding hydrogens is 228 g/mol. The number of rotatable bonds is 1. The van der Waals surface area contributed by atoms with E-state index in [4.69, 9.17) is 0 Å². The SMILES string of the molecule is CC1CCC2c3c(c(C(=O)O)cc(O)c31)CC2C. The Bertz CT molecular complexity index is 533. The van der Waals surface area contributed by atoms with Gasteiger partial charge in [0.2, 0.25) is 0 Å². The molecule has 0 amide bonds. The summed E-state index contributed by atoms with van der Waals surface area (Å²) in [7, 11) is 0. The molecular formula is C15H18O3. The molecule has 96 valence electrons. The van der Waals surface area contributed by atoms with Crippen LogP contribution < -0.4 is 0 Å². The quantitative estimate of drug-likeness (QED) is 0.799. The van der Waals surface area contributed by atoms with Gasteiger partial charge in [-0.1, -0.05) is 13.8 Å². The van der Waals surface area contributed by atoms with E-state index in [0.29, 0.717) is 23.3 Å². The number of benzene rings is 1. The second-order valence-corrected chi connectivity index (χ2v) is 5.82. The summed E-state index contributed by atoms with van der Waals surface area (Å²) in [6.45, 7) is 4.31. The van der Waals surface area contributed by atoms with E-state index in [1.807, 2.05) is 0 Å². The highest BCUT2D eigenvalue weighted by Gasteiger charge is 2.39. The number of phenolic OH excluding ortho intramolecular Hbond substituents is 1. The Morgan fingerprint density at radius 1 is 1.28 bits per heavy atom. The fraction of sp³-hybridized carbons (Fsp3) is 0.533. The highest BCUT2D eigenvalue weighted by Crippen LogP contribution is 2.53. The predicted molar refractivity (Wildman–Crippen MR) is 68.3 cm³/mol. The van der Waals surface area contributed by atoms with E-state index in [1.165, 1.54) is 6.07 Å². The summed E-state index contributed by atoms with van der Waals surface area (Å²) >= 11 is 0. The average Bonchev–Trinajstić information content (AvgIpc) is 2.63. The molecule has 0 radical (unpaired) electrons. The van der Waals surface area contributed by atoms with Crippen LogP contribution >= 0.6 is 0 Å². The Hall–Kier alpha value is -1.51. The predicted octanol–water partition coefficient (Wildman–Crippen LogP) is 3.26. The Labute approximate surface area is 106 Å². The second-order valence-electron chi connectivity index (χ2n) is 5.82. The van der Waals surface area contributed by atoms with Crippen molar-refractivity contribution in [3.8, 4) is 5.75 Å². The number of hydrogen-bond acceptors (Lipinski definition) is 2. The average molecular weight is 246 g/mol. The molecule has 0 aliphatic heterocycles. The first-order valence-corrected chi connectivity index (χ1v) is 6.62. The number of phenols is 1. The maximum absolute atomic E-state index is 11.3. The highest BCUT2D eigenvalue weighted by molar-refractivity contribution is 5.91. The van der Waals surface area contributed by atoms with E-state index in [2.05, 4.69) is 13.8 Å². The van der Waals surface area contributed by atoms with Crippen LogP contribution in [0, 0.1) is 5.92 Å². The van der Waals surface area contributed by atoms with Gasteiger partial charge in [0, 0.05) is 5.56 Å². The lowest BCUT2D eigenvalue weighted by molar-refractivity contribution is 0.0695. The second kappa shape index (κ2) is 3.74. The molecule has 2 aliphatic carbocycles. The van der Waals surface area contributed by atoms with Crippen molar-refractivity contribution in [3.63, 3.8) is 0 Å². The smallest absolute Gasteiger partial charge is 0.336 e. The maximum atomic E-state index is 11.3. The fourth-order valence-electron chi connectivity index (χ4n) is 3.85. The Morgan fingerprint density at radius 2 is 2.00 bits per heavy atom. The van der Waals surface area contributed by atoms with Gasteiger partial charge in [-0.25, -0.2) is 4.79 Å². The third-order valence-corrected chi connectivity index (χ3v) is 4.72. The number of aromatic hydroxyl groups is 1. The minimum atomic E-state index is -0.922. The van der Waals surface area contributed by atoms with Crippen molar-refractivity contribution in [2.24, 2.45) is 5.92 Å². The van der Waals surface area contributed by atoms with Gasteiger partial charge >= 0.3 is 5.97 Å². The molecule has 0 fully saturated rings. The minimum Gasteiger partial charge on any atom is -0.508 e. The van der Waals surface area contributed by atoms with Gasteiger partial charge in [-0.05, 0) is 54.2 Å². The van der Waals surface area contributed by atoms with Gasteiger partial charge in [0.15, 0.2) is 0 Å². The van der Waals surface area contributed by atoms with Gasteiger partial charge in [0.25, 0.3) is 0 Å². The summed E-state index contributed by atoms with van der Waals surface area (Å²) in [4.78, 5) is 11.3. The molecule has 0 heterocycles. The summed E-state index contributed by atoms with van der Waals surface area (Å²) in [5, 5.41) is 19.4. The van der Waals surface area contributed by atoms with Crippen LogP contribution in [0.4, 0.5) is 0 Å². The largest absolute Gasteiger partial charge is 0.508 e. The topological polar surface area (TPSA) is 57.5 Å². The van der Waals surface area contributed by atoms with Crippen molar-refractivity contribution in [2.45, 2.75) is 44.9 Å². The zero-order chi connectivity index (χ0) is 13.0. The molecule has 0 saturated carbocycles. The van der Waals surface area contributed by atoms with Crippen molar-refractivity contribution in [2.75, 3.05) is 0 Å². The van der Waals surface area contributed by atoms with E-state index in [1.54, 1.807) is 0 Å². The number of hydrogen-bond donors (Lipinski definition) is 2. The Kier molecular flexibility index (Phi) is 2.40. The van der Waals surface area contributed by atoms with Crippen molar-refractivity contribution in [3.05, 3.63) is 28.3 Å². The molecule has 2 N–H and O–H groups in total. The molecule has 0 spiro atoms. The number of carbonyl (C=O) groups is 1. The summed E-state index contributed by atoms with van der Waals surface area (Å²) in [5.41, 5.74) is 3.43.